The van der Waals surface area contributed by atoms with Gasteiger partial charge in [0.1, 0.15) is 17.5 Å². The summed E-state index contributed by atoms with van der Waals surface area (Å²) < 4.78 is 10.0. The molecule has 2 aromatic rings. The topological polar surface area (TPSA) is 110 Å². The molecule has 0 radical (unpaired) electrons. The number of nitrogen functional groups attached to an aromatic ring is 1. The zero-order chi connectivity index (χ0) is 17.5. The number of esters is 1. The molecule has 0 fully saturated rings. The van der Waals surface area contributed by atoms with E-state index in [4.69, 9.17) is 15.7 Å². The van der Waals surface area contributed by atoms with Gasteiger partial charge in [0.15, 0.2) is 0 Å². The van der Waals surface area contributed by atoms with Crippen LogP contribution < -0.4 is 15.8 Å². The number of aromatic nitrogens is 1. The molecule has 0 unspecified atom stereocenters. The number of nitrogens with zero attached hydrogens (tertiary/aromatic N) is 2. The summed E-state index contributed by atoms with van der Waals surface area (Å²) in [6.07, 6.45) is 0. The lowest BCUT2D eigenvalue weighted by molar-refractivity contribution is 0.0600. The fourth-order valence-corrected chi connectivity index (χ4v) is 2.05. The zero-order valence-electron chi connectivity index (χ0n) is 13.5. The quantitative estimate of drug-likeness (QED) is 0.784. The third-order valence-electron chi connectivity index (χ3n) is 3.26. The first-order valence-corrected chi connectivity index (χ1v) is 7.33. The number of hydrogen-bond donors (Lipinski definition) is 2. The maximum Gasteiger partial charge on any atom is 0.337 e. The number of benzene rings is 1. The van der Waals surface area contributed by atoms with Crippen molar-refractivity contribution in [1.29, 1.82) is 5.26 Å². The van der Waals surface area contributed by atoms with Gasteiger partial charge in [0.05, 0.1) is 25.0 Å². The van der Waals surface area contributed by atoms with E-state index in [9.17, 15) is 4.79 Å². The molecule has 3 N–H and O–H groups in total. The van der Waals surface area contributed by atoms with Crippen LogP contribution >= 0.6 is 0 Å². The average molecular weight is 326 g/mol. The Balaban J connectivity index is 2.11. The van der Waals surface area contributed by atoms with E-state index in [1.54, 1.807) is 18.2 Å². The second-order valence-corrected chi connectivity index (χ2v) is 4.86. The number of anilines is 2. The number of methoxy groups -OCH3 is 1. The van der Waals surface area contributed by atoms with Crippen molar-refractivity contribution < 1.29 is 14.3 Å². The van der Waals surface area contributed by atoms with Gasteiger partial charge in [-0.25, -0.2) is 4.79 Å². The number of ether oxygens (including phenoxy) is 2. The minimum atomic E-state index is -0.377. The third-order valence-corrected chi connectivity index (χ3v) is 3.26. The molecule has 1 aromatic heterocycles. The SMILES string of the molecule is CCOc1nc(NCc2ccc(C(=O)OC)cc2)cc(N)c1C#N. The molecule has 24 heavy (non-hydrogen) atoms. The van der Waals surface area contributed by atoms with E-state index in [0.29, 0.717) is 30.2 Å². The van der Waals surface area contributed by atoms with Crippen molar-refractivity contribution in [3.63, 3.8) is 0 Å². The predicted octanol–water partition coefficient (Wildman–Crippen LogP) is 2.33. The number of carbonyl (C=O) groups excluding carboxylic acids is 1. The molecular formula is C17H18N4O3. The molecule has 0 spiro atoms. The summed E-state index contributed by atoms with van der Waals surface area (Å²) in [6.45, 7) is 2.67. The van der Waals surface area contributed by atoms with Crippen LogP contribution in [0.5, 0.6) is 5.88 Å². The predicted molar refractivity (Wildman–Crippen MR) is 89.6 cm³/mol. The lowest BCUT2D eigenvalue weighted by Crippen LogP contribution is -2.07. The minimum Gasteiger partial charge on any atom is -0.477 e. The highest BCUT2D eigenvalue weighted by Crippen LogP contribution is 2.25. The van der Waals surface area contributed by atoms with E-state index >= 15 is 0 Å². The summed E-state index contributed by atoms with van der Waals surface area (Å²) in [6, 6.07) is 10.6. The normalized spacial score (nSPS) is 9.88. The molecule has 0 atom stereocenters. The molecule has 124 valence electrons. The Morgan fingerprint density at radius 1 is 1.38 bits per heavy atom. The van der Waals surface area contributed by atoms with Crippen LogP contribution in [0.25, 0.3) is 0 Å². The molecule has 7 nitrogen and oxygen atoms in total. The van der Waals surface area contributed by atoms with Gasteiger partial charge in [-0.1, -0.05) is 12.1 Å². The number of pyridine rings is 1. The average Bonchev–Trinajstić information content (AvgIpc) is 2.60. The van der Waals surface area contributed by atoms with Crippen molar-refractivity contribution in [2.24, 2.45) is 0 Å². The van der Waals surface area contributed by atoms with Gasteiger partial charge in [-0.3, -0.25) is 0 Å². The van der Waals surface area contributed by atoms with Crippen molar-refractivity contribution in [1.82, 2.24) is 4.98 Å². The van der Waals surface area contributed by atoms with Crippen molar-refractivity contribution in [3.8, 4) is 11.9 Å². The van der Waals surface area contributed by atoms with Crippen LogP contribution in [0.1, 0.15) is 28.4 Å². The second kappa shape index (κ2) is 7.83. The van der Waals surface area contributed by atoms with Gasteiger partial charge in [-0.2, -0.15) is 10.2 Å². The highest BCUT2D eigenvalue weighted by atomic mass is 16.5. The van der Waals surface area contributed by atoms with Crippen LogP contribution in [-0.2, 0) is 11.3 Å². The zero-order valence-corrected chi connectivity index (χ0v) is 13.5. The van der Waals surface area contributed by atoms with Crippen LogP contribution in [-0.4, -0.2) is 24.7 Å². The van der Waals surface area contributed by atoms with Gasteiger partial charge < -0.3 is 20.5 Å². The first-order valence-electron chi connectivity index (χ1n) is 7.33. The standard InChI is InChI=1S/C17H18N4O3/c1-3-24-16-13(9-18)14(19)8-15(21-16)20-10-11-4-6-12(7-5-11)17(22)23-2/h4-8H,3,10H2,1-2H3,(H3,19,20,21). The molecule has 1 heterocycles. The fourth-order valence-electron chi connectivity index (χ4n) is 2.05. The maximum absolute atomic E-state index is 11.4. The molecule has 0 bridgehead atoms. The summed E-state index contributed by atoms with van der Waals surface area (Å²) in [5, 5.41) is 12.2. The summed E-state index contributed by atoms with van der Waals surface area (Å²) in [4.78, 5) is 15.7. The van der Waals surface area contributed by atoms with Crippen LogP contribution in [0.15, 0.2) is 30.3 Å². The summed E-state index contributed by atoms with van der Waals surface area (Å²) in [5.74, 6) is 0.341. The number of nitriles is 1. The smallest absolute Gasteiger partial charge is 0.337 e. The maximum atomic E-state index is 11.4. The first-order chi connectivity index (χ1) is 11.6. The van der Waals surface area contributed by atoms with Gasteiger partial charge in [0, 0.05) is 12.6 Å². The number of rotatable bonds is 6. The van der Waals surface area contributed by atoms with E-state index < -0.39 is 0 Å². The molecule has 0 aliphatic rings. The Bertz CT molecular complexity index is 767. The van der Waals surface area contributed by atoms with E-state index in [1.165, 1.54) is 7.11 Å². The number of carbonyl (C=O) groups is 1. The first kappa shape index (κ1) is 17.1. The van der Waals surface area contributed by atoms with Crippen molar-refractivity contribution in [2.45, 2.75) is 13.5 Å². The second-order valence-electron chi connectivity index (χ2n) is 4.86. The Hall–Kier alpha value is -3.27. The van der Waals surface area contributed by atoms with Crippen LogP contribution in [0.3, 0.4) is 0 Å². The summed E-state index contributed by atoms with van der Waals surface area (Å²) in [5.41, 5.74) is 7.83. The van der Waals surface area contributed by atoms with Gasteiger partial charge in [-0.05, 0) is 24.6 Å². The van der Waals surface area contributed by atoms with Crippen molar-refractivity contribution in [3.05, 3.63) is 47.0 Å². The lowest BCUT2D eigenvalue weighted by atomic mass is 10.1. The minimum absolute atomic E-state index is 0.212. The highest BCUT2D eigenvalue weighted by Gasteiger charge is 2.11. The van der Waals surface area contributed by atoms with Crippen molar-refractivity contribution in [2.75, 3.05) is 24.8 Å². The molecule has 0 saturated carbocycles. The third kappa shape index (κ3) is 3.93. The summed E-state index contributed by atoms with van der Waals surface area (Å²) >= 11 is 0. The molecule has 2 rings (SSSR count). The molecule has 1 aromatic carbocycles. The van der Waals surface area contributed by atoms with Gasteiger partial charge in [-0.15, -0.1) is 0 Å². The van der Waals surface area contributed by atoms with Crippen molar-refractivity contribution >= 4 is 17.5 Å². The van der Waals surface area contributed by atoms with Crippen LogP contribution in [0.2, 0.25) is 0 Å². The molecule has 0 aliphatic heterocycles. The monoisotopic (exact) mass is 326 g/mol. The Kier molecular flexibility index (Phi) is 5.58. The summed E-state index contributed by atoms with van der Waals surface area (Å²) in [7, 11) is 1.34. The van der Waals surface area contributed by atoms with E-state index in [-0.39, 0.29) is 17.4 Å². The number of nitrogens with two attached hydrogens (primary N) is 1. The van der Waals surface area contributed by atoms with E-state index in [0.717, 1.165) is 5.56 Å². The number of nitrogens with one attached hydrogen (secondary N) is 1. The molecule has 7 heteroatoms. The van der Waals surface area contributed by atoms with Gasteiger partial charge in [0.25, 0.3) is 0 Å². The Morgan fingerprint density at radius 2 is 2.08 bits per heavy atom. The Morgan fingerprint density at radius 3 is 2.67 bits per heavy atom. The Labute approximate surface area is 140 Å². The van der Waals surface area contributed by atoms with Crippen LogP contribution in [0.4, 0.5) is 11.5 Å². The number of hydrogen-bond acceptors (Lipinski definition) is 7. The van der Waals surface area contributed by atoms with E-state index in [1.807, 2.05) is 25.1 Å². The molecule has 0 aliphatic carbocycles. The lowest BCUT2D eigenvalue weighted by Gasteiger charge is -2.11. The van der Waals surface area contributed by atoms with Crippen LogP contribution in [0, 0.1) is 11.3 Å². The van der Waals surface area contributed by atoms with Gasteiger partial charge >= 0.3 is 5.97 Å². The highest BCUT2D eigenvalue weighted by molar-refractivity contribution is 5.89. The van der Waals surface area contributed by atoms with E-state index in [2.05, 4.69) is 15.0 Å². The molecule has 0 amide bonds. The molecule has 0 saturated heterocycles. The molecular weight excluding hydrogens is 308 g/mol. The fraction of sp³-hybridized carbons (Fsp3) is 0.235. The largest absolute Gasteiger partial charge is 0.477 e. The van der Waals surface area contributed by atoms with Gasteiger partial charge in [0.2, 0.25) is 5.88 Å².